The molecule has 2 heterocycles. The minimum absolute atomic E-state index is 0.00972. The smallest absolute Gasteiger partial charge is 0.338 e. The van der Waals surface area contributed by atoms with Gasteiger partial charge < -0.3 is 24.8 Å². The number of ether oxygens (including phenoxy) is 3. The summed E-state index contributed by atoms with van der Waals surface area (Å²) in [6, 6.07) is 4.55. The highest BCUT2D eigenvalue weighted by molar-refractivity contribution is 6.01. The maximum absolute atomic E-state index is 14.4. The lowest BCUT2D eigenvalue weighted by Gasteiger charge is -2.37. The average Bonchev–Trinajstić information content (AvgIpc) is 3.50. The number of urea groups is 2. The quantitative estimate of drug-likeness (QED) is 0.405. The Hall–Kier alpha value is -4.10. The minimum atomic E-state index is -1.40. The monoisotopic (exact) mass is 630 g/mol. The number of hydrogen-bond donors (Lipinski definition) is 2. The number of hydrogen-bond acceptors (Lipinski definition) is 7. The van der Waals surface area contributed by atoms with E-state index in [1.807, 2.05) is 0 Å². The Morgan fingerprint density at radius 2 is 1.73 bits per heavy atom. The third kappa shape index (κ3) is 6.79. The molecular weight excluding hydrogens is 593 g/mol. The number of rotatable bonds is 8. The number of amides is 4. The highest BCUT2D eigenvalue weighted by atomic mass is 19.2. The molecule has 45 heavy (non-hydrogen) atoms. The van der Waals surface area contributed by atoms with E-state index in [2.05, 4.69) is 15.5 Å². The van der Waals surface area contributed by atoms with Crippen LogP contribution in [0.2, 0.25) is 0 Å². The maximum atomic E-state index is 14.4. The first-order valence-corrected chi connectivity index (χ1v) is 14.9. The molecule has 5 rings (SSSR count). The van der Waals surface area contributed by atoms with E-state index in [0.717, 1.165) is 61.9 Å². The van der Waals surface area contributed by atoms with Gasteiger partial charge in [-0.25, -0.2) is 32.5 Å². The number of carbonyl (C=O) groups is 3. The van der Waals surface area contributed by atoms with Crippen LogP contribution < -0.4 is 15.4 Å². The first kappa shape index (κ1) is 32.3. The second kappa shape index (κ2) is 13.9. The SMILES string of the molecule is COCC1=C(C(=O)OC)C(c2ccc(F)c(F)c2)N(C(=O)NC2CCN(C3CCC(c4ccc(F)cc4OC)CC3)C2)C(=O)N1. The summed E-state index contributed by atoms with van der Waals surface area (Å²) in [7, 11) is 4.04. The Kier molecular flexibility index (Phi) is 9.98. The van der Waals surface area contributed by atoms with Crippen LogP contribution in [-0.2, 0) is 14.3 Å². The molecule has 0 spiro atoms. The average molecular weight is 631 g/mol. The van der Waals surface area contributed by atoms with Crippen LogP contribution in [0.4, 0.5) is 22.8 Å². The van der Waals surface area contributed by atoms with Crippen molar-refractivity contribution in [1.29, 1.82) is 0 Å². The van der Waals surface area contributed by atoms with E-state index in [0.29, 0.717) is 24.8 Å². The van der Waals surface area contributed by atoms with Crippen molar-refractivity contribution in [1.82, 2.24) is 20.4 Å². The number of likely N-dealkylation sites (tertiary alicyclic amines) is 1. The zero-order chi connectivity index (χ0) is 32.2. The lowest BCUT2D eigenvalue weighted by atomic mass is 9.81. The van der Waals surface area contributed by atoms with Gasteiger partial charge in [-0.15, -0.1) is 0 Å². The van der Waals surface area contributed by atoms with Crippen LogP contribution in [0, 0.1) is 17.5 Å². The van der Waals surface area contributed by atoms with Crippen LogP contribution in [0.1, 0.15) is 55.2 Å². The Balaban J connectivity index is 1.29. The van der Waals surface area contributed by atoms with Gasteiger partial charge in [-0.3, -0.25) is 4.90 Å². The molecule has 2 aromatic rings. The molecule has 2 aromatic carbocycles. The largest absolute Gasteiger partial charge is 0.496 e. The topological polar surface area (TPSA) is 109 Å². The Morgan fingerprint density at radius 1 is 0.978 bits per heavy atom. The molecule has 1 saturated heterocycles. The third-order valence-corrected chi connectivity index (χ3v) is 8.90. The number of benzene rings is 2. The van der Waals surface area contributed by atoms with E-state index in [1.165, 1.54) is 25.3 Å². The summed E-state index contributed by atoms with van der Waals surface area (Å²) in [4.78, 5) is 43.1. The van der Waals surface area contributed by atoms with Crippen molar-refractivity contribution < 1.29 is 41.8 Å². The molecule has 1 aliphatic carbocycles. The summed E-state index contributed by atoms with van der Waals surface area (Å²) >= 11 is 0. The fourth-order valence-electron chi connectivity index (χ4n) is 6.73. The Bertz CT molecular complexity index is 1480. The van der Waals surface area contributed by atoms with E-state index in [9.17, 15) is 27.6 Å². The second-order valence-corrected chi connectivity index (χ2v) is 11.5. The summed E-state index contributed by atoms with van der Waals surface area (Å²) in [5, 5.41) is 5.44. The van der Waals surface area contributed by atoms with Crippen molar-refractivity contribution in [3.63, 3.8) is 0 Å². The fraction of sp³-hybridized carbons (Fsp3) is 0.469. The van der Waals surface area contributed by atoms with Gasteiger partial charge in [-0.1, -0.05) is 12.1 Å². The molecule has 4 amide bonds. The molecule has 2 unspecified atom stereocenters. The van der Waals surface area contributed by atoms with Gasteiger partial charge in [-0.05, 0) is 67.3 Å². The van der Waals surface area contributed by atoms with Crippen molar-refractivity contribution in [2.75, 3.05) is 41.0 Å². The van der Waals surface area contributed by atoms with Gasteiger partial charge in [0.25, 0.3) is 0 Å². The van der Waals surface area contributed by atoms with Gasteiger partial charge in [0.1, 0.15) is 17.6 Å². The van der Waals surface area contributed by atoms with Crippen LogP contribution in [0.15, 0.2) is 47.7 Å². The first-order chi connectivity index (χ1) is 21.6. The maximum Gasteiger partial charge on any atom is 0.338 e. The van der Waals surface area contributed by atoms with Gasteiger partial charge in [0.2, 0.25) is 0 Å². The fourth-order valence-corrected chi connectivity index (χ4v) is 6.73. The molecule has 3 aliphatic rings. The van der Waals surface area contributed by atoms with Gasteiger partial charge in [0.05, 0.1) is 32.1 Å². The van der Waals surface area contributed by atoms with E-state index in [-0.39, 0.29) is 41.2 Å². The molecule has 0 bridgehead atoms. The van der Waals surface area contributed by atoms with Crippen molar-refractivity contribution in [2.45, 2.75) is 56.1 Å². The lowest BCUT2D eigenvalue weighted by molar-refractivity contribution is -0.137. The van der Waals surface area contributed by atoms with Gasteiger partial charge >= 0.3 is 18.0 Å². The van der Waals surface area contributed by atoms with Gasteiger partial charge in [0, 0.05) is 38.3 Å². The zero-order valence-corrected chi connectivity index (χ0v) is 25.4. The van der Waals surface area contributed by atoms with Gasteiger partial charge in [-0.2, -0.15) is 0 Å². The number of methoxy groups -OCH3 is 3. The number of nitrogens with zero attached hydrogens (tertiary/aromatic N) is 2. The van der Waals surface area contributed by atoms with Crippen molar-refractivity contribution in [2.24, 2.45) is 0 Å². The van der Waals surface area contributed by atoms with Gasteiger partial charge in [0.15, 0.2) is 11.6 Å². The highest BCUT2D eigenvalue weighted by Crippen LogP contribution is 2.40. The number of imide groups is 1. The molecule has 1 saturated carbocycles. The van der Waals surface area contributed by atoms with Crippen LogP contribution in [-0.4, -0.2) is 80.9 Å². The highest BCUT2D eigenvalue weighted by Gasteiger charge is 2.44. The van der Waals surface area contributed by atoms with E-state index >= 15 is 0 Å². The number of nitrogens with one attached hydrogen (secondary N) is 2. The summed E-state index contributed by atoms with van der Waals surface area (Å²) < 4.78 is 57.4. The second-order valence-electron chi connectivity index (χ2n) is 11.5. The molecule has 242 valence electrons. The van der Waals surface area contributed by atoms with E-state index in [1.54, 1.807) is 13.2 Å². The molecule has 0 aromatic heterocycles. The predicted molar refractivity (Wildman–Crippen MR) is 157 cm³/mol. The predicted octanol–water partition coefficient (Wildman–Crippen LogP) is 4.76. The summed E-state index contributed by atoms with van der Waals surface area (Å²) in [5.74, 6) is -2.69. The zero-order valence-electron chi connectivity index (χ0n) is 25.4. The molecule has 2 N–H and O–H groups in total. The minimum Gasteiger partial charge on any atom is -0.496 e. The molecule has 0 radical (unpaired) electrons. The molecule has 2 aliphatic heterocycles. The number of carbonyl (C=O) groups excluding carboxylic acids is 3. The Morgan fingerprint density at radius 3 is 2.40 bits per heavy atom. The van der Waals surface area contributed by atoms with Crippen LogP contribution in [0.25, 0.3) is 0 Å². The molecule has 2 fully saturated rings. The molecule has 2 atom stereocenters. The van der Waals surface area contributed by atoms with Crippen LogP contribution in [0.5, 0.6) is 5.75 Å². The van der Waals surface area contributed by atoms with Crippen molar-refractivity contribution in [3.8, 4) is 5.75 Å². The Labute approximate surface area is 259 Å². The standard InChI is InChI=1S/C32H37F3N4O6/c1-43-17-26-28(30(40)45-3)29(19-6-11-24(34)25(35)14-19)39(32(42)37-26)31(41)36-21-12-13-38(16-21)22-8-4-18(5-9-22)23-10-7-20(33)15-27(23)44-2/h6-7,10-11,14-15,18,21-22,29H,4-5,8-9,12-13,16-17H2,1-3H3,(H,36,41)(H,37,42). The molecule has 10 nitrogen and oxygen atoms in total. The summed E-state index contributed by atoms with van der Waals surface area (Å²) in [6.07, 6.45) is 4.31. The van der Waals surface area contributed by atoms with Crippen molar-refractivity contribution >= 4 is 18.0 Å². The normalized spacial score (nSPS) is 24.0. The van der Waals surface area contributed by atoms with Crippen molar-refractivity contribution in [3.05, 3.63) is 76.2 Å². The number of halogens is 3. The molecular formula is C32H37F3N4O6. The summed E-state index contributed by atoms with van der Waals surface area (Å²) in [6.45, 7) is 1.10. The molecule has 13 heteroatoms. The van der Waals surface area contributed by atoms with Crippen LogP contribution >= 0.6 is 0 Å². The van der Waals surface area contributed by atoms with Crippen LogP contribution in [0.3, 0.4) is 0 Å². The summed E-state index contributed by atoms with van der Waals surface area (Å²) in [5.41, 5.74) is 0.931. The number of esters is 1. The van der Waals surface area contributed by atoms with E-state index < -0.39 is 35.7 Å². The third-order valence-electron chi connectivity index (χ3n) is 8.90. The first-order valence-electron chi connectivity index (χ1n) is 14.9. The van der Waals surface area contributed by atoms with E-state index in [4.69, 9.17) is 14.2 Å². The lowest BCUT2D eigenvalue weighted by Crippen LogP contribution is -2.56.